The van der Waals surface area contributed by atoms with Gasteiger partial charge in [-0.2, -0.15) is 0 Å². The maximum Gasteiger partial charge on any atom is 0.187 e. The van der Waals surface area contributed by atoms with Gasteiger partial charge in [-0.05, 0) is 24.8 Å². The van der Waals surface area contributed by atoms with E-state index in [0.29, 0.717) is 12.5 Å². The van der Waals surface area contributed by atoms with E-state index in [0.717, 1.165) is 12.8 Å². The number of hydrogen-bond donors (Lipinski definition) is 2. The SMILES string of the molecule is CC(C)CCCOc1c(N)cc(N)c(Cl)c1F. The number of benzene rings is 1. The fourth-order valence-corrected chi connectivity index (χ4v) is 1.60. The second kappa shape index (κ2) is 5.96. The number of halogens is 2. The fraction of sp³-hybridized carbons (Fsp3) is 0.500. The van der Waals surface area contributed by atoms with Crippen molar-refractivity contribution in [2.45, 2.75) is 26.7 Å². The Morgan fingerprint density at radius 1 is 1.35 bits per heavy atom. The predicted molar refractivity (Wildman–Crippen MR) is 69.8 cm³/mol. The molecule has 0 atom stereocenters. The van der Waals surface area contributed by atoms with Gasteiger partial charge in [0.15, 0.2) is 11.6 Å². The van der Waals surface area contributed by atoms with E-state index in [-0.39, 0.29) is 22.1 Å². The molecule has 0 aliphatic rings. The Balaban J connectivity index is 2.68. The third-order valence-electron chi connectivity index (χ3n) is 2.39. The molecule has 0 aromatic heterocycles. The molecule has 5 heteroatoms. The quantitative estimate of drug-likeness (QED) is 0.630. The summed E-state index contributed by atoms with van der Waals surface area (Å²) in [5.74, 6) is -0.0996. The zero-order chi connectivity index (χ0) is 13.0. The van der Waals surface area contributed by atoms with Crippen LogP contribution in [-0.4, -0.2) is 6.61 Å². The molecule has 1 rings (SSSR count). The van der Waals surface area contributed by atoms with E-state index in [1.165, 1.54) is 6.07 Å². The van der Waals surface area contributed by atoms with Crippen LogP contribution in [0.1, 0.15) is 26.7 Å². The molecule has 1 aromatic carbocycles. The van der Waals surface area contributed by atoms with Gasteiger partial charge in [0.05, 0.1) is 18.0 Å². The summed E-state index contributed by atoms with van der Waals surface area (Å²) in [4.78, 5) is 0. The molecule has 0 bridgehead atoms. The van der Waals surface area contributed by atoms with Crippen LogP contribution in [0, 0.1) is 11.7 Å². The molecule has 0 spiro atoms. The molecule has 0 amide bonds. The molecule has 0 saturated carbocycles. The van der Waals surface area contributed by atoms with Crippen molar-refractivity contribution in [3.05, 3.63) is 16.9 Å². The Labute approximate surface area is 106 Å². The van der Waals surface area contributed by atoms with Crippen molar-refractivity contribution in [1.82, 2.24) is 0 Å². The number of rotatable bonds is 5. The van der Waals surface area contributed by atoms with Gasteiger partial charge in [0.25, 0.3) is 0 Å². The topological polar surface area (TPSA) is 61.3 Å². The molecule has 17 heavy (non-hydrogen) atoms. The van der Waals surface area contributed by atoms with Crippen LogP contribution in [0.4, 0.5) is 15.8 Å². The van der Waals surface area contributed by atoms with Crippen LogP contribution < -0.4 is 16.2 Å². The van der Waals surface area contributed by atoms with Gasteiger partial charge in [-0.3, -0.25) is 0 Å². The van der Waals surface area contributed by atoms with E-state index in [1.54, 1.807) is 0 Å². The van der Waals surface area contributed by atoms with E-state index >= 15 is 0 Å². The minimum absolute atomic E-state index is 0.00652. The maximum absolute atomic E-state index is 13.7. The lowest BCUT2D eigenvalue weighted by molar-refractivity contribution is 0.286. The average Bonchev–Trinajstić information content (AvgIpc) is 2.24. The van der Waals surface area contributed by atoms with E-state index in [2.05, 4.69) is 13.8 Å². The second-order valence-electron chi connectivity index (χ2n) is 4.40. The first kappa shape index (κ1) is 13.9. The van der Waals surface area contributed by atoms with Crippen molar-refractivity contribution < 1.29 is 9.13 Å². The first-order chi connectivity index (χ1) is 7.93. The lowest BCUT2D eigenvalue weighted by atomic mass is 10.1. The molecule has 0 heterocycles. The third kappa shape index (κ3) is 3.66. The first-order valence-corrected chi connectivity index (χ1v) is 5.97. The van der Waals surface area contributed by atoms with Gasteiger partial charge in [0, 0.05) is 0 Å². The summed E-state index contributed by atoms with van der Waals surface area (Å²) in [6.45, 7) is 4.66. The molecule has 0 aliphatic carbocycles. The third-order valence-corrected chi connectivity index (χ3v) is 2.78. The monoisotopic (exact) mass is 260 g/mol. The second-order valence-corrected chi connectivity index (χ2v) is 4.77. The molecule has 4 N–H and O–H groups in total. The van der Waals surface area contributed by atoms with Gasteiger partial charge in [-0.1, -0.05) is 25.4 Å². The van der Waals surface area contributed by atoms with Crippen molar-refractivity contribution in [2.24, 2.45) is 5.92 Å². The Morgan fingerprint density at radius 3 is 2.59 bits per heavy atom. The molecule has 0 unspecified atom stereocenters. The van der Waals surface area contributed by atoms with Crippen LogP contribution in [0.3, 0.4) is 0 Å². The normalized spacial score (nSPS) is 10.9. The van der Waals surface area contributed by atoms with Gasteiger partial charge in [-0.15, -0.1) is 0 Å². The van der Waals surface area contributed by atoms with Crippen LogP contribution in [-0.2, 0) is 0 Å². The molecular weight excluding hydrogens is 243 g/mol. The van der Waals surface area contributed by atoms with E-state index in [9.17, 15) is 4.39 Å². The van der Waals surface area contributed by atoms with Crippen LogP contribution in [0.2, 0.25) is 5.02 Å². The predicted octanol–water partition coefficient (Wildman–Crippen LogP) is 3.46. The van der Waals surface area contributed by atoms with Gasteiger partial charge in [-0.25, -0.2) is 4.39 Å². The zero-order valence-corrected chi connectivity index (χ0v) is 10.9. The van der Waals surface area contributed by atoms with E-state index in [4.69, 9.17) is 27.8 Å². The van der Waals surface area contributed by atoms with Crippen molar-refractivity contribution in [3.8, 4) is 5.75 Å². The highest BCUT2D eigenvalue weighted by Gasteiger charge is 2.15. The Morgan fingerprint density at radius 2 is 2.00 bits per heavy atom. The van der Waals surface area contributed by atoms with Gasteiger partial charge >= 0.3 is 0 Å². The molecule has 96 valence electrons. The Bertz CT molecular complexity index is 397. The van der Waals surface area contributed by atoms with E-state index in [1.807, 2.05) is 0 Å². The highest BCUT2D eigenvalue weighted by atomic mass is 35.5. The number of nitrogen functional groups attached to an aromatic ring is 2. The summed E-state index contributed by atoms with van der Waals surface area (Å²) < 4.78 is 19.0. The largest absolute Gasteiger partial charge is 0.488 e. The lowest BCUT2D eigenvalue weighted by Gasteiger charge is -2.12. The van der Waals surface area contributed by atoms with Crippen molar-refractivity contribution in [3.63, 3.8) is 0 Å². The molecule has 0 radical (unpaired) electrons. The number of ether oxygens (including phenoxy) is 1. The number of anilines is 2. The van der Waals surface area contributed by atoms with Gasteiger partial charge in [0.2, 0.25) is 0 Å². The summed E-state index contributed by atoms with van der Waals surface area (Å²) in [7, 11) is 0. The van der Waals surface area contributed by atoms with Crippen molar-refractivity contribution in [1.29, 1.82) is 0 Å². The minimum atomic E-state index is -0.686. The molecule has 0 aliphatic heterocycles. The van der Waals surface area contributed by atoms with Crippen LogP contribution >= 0.6 is 11.6 Å². The highest BCUT2D eigenvalue weighted by Crippen LogP contribution is 2.35. The molecule has 0 saturated heterocycles. The van der Waals surface area contributed by atoms with Gasteiger partial charge < -0.3 is 16.2 Å². The number of nitrogens with two attached hydrogens (primary N) is 2. The summed E-state index contributed by atoms with van der Waals surface area (Å²) in [5, 5.41) is -0.141. The average molecular weight is 261 g/mol. The standard InChI is InChI=1S/C12H18ClFN2O/c1-7(2)4-3-5-17-12-9(16)6-8(15)10(13)11(12)14/h6-7H,3-5,15-16H2,1-2H3. The van der Waals surface area contributed by atoms with Crippen molar-refractivity contribution >= 4 is 23.0 Å². The van der Waals surface area contributed by atoms with Crippen molar-refractivity contribution in [2.75, 3.05) is 18.1 Å². The fourth-order valence-electron chi connectivity index (χ4n) is 1.46. The Kier molecular flexibility index (Phi) is 4.87. The van der Waals surface area contributed by atoms with Crippen LogP contribution in [0.5, 0.6) is 5.75 Å². The highest BCUT2D eigenvalue weighted by molar-refractivity contribution is 6.33. The van der Waals surface area contributed by atoms with Crippen LogP contribution in [0.25, 0.3) is 0 Å². The van der Waals surface area contributed by atoms with Gasteiger partial charge in [0.1, 0.15) is 5.02 Å². The molecular formula is C12H18ClFN2O. The summed E-state index contributed by atoms with van der Waals surface area (Å²) in [6.07, 6.45) is 1.86. The number of hydrogen-bond acceptors (Lipinski definition) is 3. The zero-order valence-electron chi connectivity index (χ0n) is 10.1. The molecule has 0 fully saturated rings. The first-order valence-electron chi connectivity index (χ1n) is 5.59. The summed E-state index contributed by atoms with van der Waals surface area (Å²) in [5.41, 5.74) is 11.4. The van der Waals surface area contributed by atoms with E-state index < -0.39 is 5.82 Å². The Hall–Kier alpha value is -1.16. The van der Waals surface area contributed by atoms with Crippen LogP contribution in [0.15, 0.2) is 6.07 Å². The lowest BCUT2D eigenvalue weighted by Crippen LogP contribution is -2.05. The minimum Gasteiger partial charge on any atom is -0.488 e. The molecule has 3 nitrogen and oxygen atoms in total. The summed E-state index contributed by atoms with van der Waals surface area (Å²) >= 11 is 5.68. The maximum atomic E-state index is 13.7. The summed E-state index contributed by atoms with van der Waals surface area (Å²) in [6, 6.07) is 1.41. The smallest absolute Gasteiger partial charge is 0.187 e. The molecule has 1 aromatic rings.